The Morgan fingerprint density at radius 1 is 1.32 bits per heavy atom. The molecule has 1 aliphatic rings. The summed E-state index contributed by atoms with van der Waals surface area (Å²) in [7, 11) is 1.64. The molecule has 1 heterocycles. The summed E-state index contributed by atoms with van der Waals surface area (Å²) < 4.78 is 18.7. The van der Waals surface area contributed by atoms with E-state index in [2.05, 4.69) is 0 Å². The van der Waals surface area contributed by atoms with E-state index in [-0.39, 0.29) is 24.2 Å². The summed E-state index contributed by atoms with van der Waals surface area (Å²) in [6, 6.07) is 5.26. The van der Waals surface area contributed by atoms with Crippen molar-refractivity contribution in [2.75, 3.05) is 26.7 Å². The van der Waals surface area contributed by atoms with Crippen molar-refractivity contribution in [2.24, 2.45) is 0 Å². The van der Waals surface area contributed by atoms with Gasteiger partial charge < -0.3 is 14.5 Å². The van der Waals surface area contributed by atoms with Crippen LogP contribution in [-0.4, -0.2) is 54.5 Å². The minimum absolute atomic E-state index is 0.119. The predicted molar refractivity (Wildman–Crippen MR) is 79.6 cm³/mol. The zero-order chi connectivity index (χ0) is 16.3. The number of likely N-dealkylation sites (N-methyl/N-ethyl adjacent to an activating group) is 2. The standard InChI is InChI=1S/C16H21FN2O3/c1-4-19(5-2)16(21)15-14(18(3)13(20)10-22-15)11-6-8-12(17)9-7-11/h6-9,14-15H,4-5,10H2,1-3H3/t14-,15+/m1/s1. The van der Waals surface area contributed by atoms with Crippen molar-refractivity contribution in [1.82, 2.24) is 9.80 Å². The van der Waals surface area contributed by atoms with Crippen molar-refractivity contribution in [3.8, 4) is 0 Å². The van der Waals surface area contributed by atoms with Gasteiger partial charge in [0.2, 0.25) is 5.91 Å². The Morgan fingerprint density at radius 3 is 2.45 bits per heavy atom. The van der Waals surface area contributed by atoms with E-state index >= 15 is 0 Å². The highest BCUT2D eigenvalue weighted by Gasteiger charge is 2.41. The average Bonchev–Trinajstić information content (AvgIpc) is 2.52. The van der Waals surface area contributed by atoms with Crippen molar-refractivity contribution in [1.29, 1.82) is 0 Å². The van der Waals surface area contributed by atoms with Crippen LogP contribution in [0, 0.1) is 5.82 Å². The number of nitrogens with zero attached hydrogens (tertiary/aromatic N) is 2. The normalized spacial score (nSPS) is 21.8. The fourth-order valence-electron chi connectivity index (χ4n) is 2.69. The van der Waals surface area contributed by atoms with Crippen LogP contribution in [0.15, 0.2) is 24.3 Å². The third-order valence-corrected chi connectivity index (χ3v) is 4.01. The number of carbonyl (C=O) groups is 2. The van der Waals surface area contributed by atoms with Crippen molar-refractivity contribution in [3.05, 3.63) is 35.6 Å². The second-order valence-corrected chi connectivity index (χ2v) is 5.24. The van der Waals surface area contributed by atoms with Gasteiger partial charge in [-0.2, -0.15) is 0 Å². The molecule has 1 aromatic carbocycles. The lowest BCUT2D eigenvalue weighted by molar-refractivity contribution is -0.167. The number of benzene rings is 1. The lowest BCUT2D eigenvalue weighted by Crippen LogP contribution is -2.53. The fraction of sp³-hybridized carbons (Fsp3) is 0.500. The van der Waals surface area contributed by atoms with E-state index in [1.165, 1.54) is 17.0 Å². The number of carbonyl (C=O) groups excluding carboxylic acids is 2. The topological polar surface area (TPSA) is 49.9 Å². The molecule has 0 spiro atoms. The fourth-order valence-corrected chi connectivity index (χ4v) is 2.69. The smallest absolute Gasteiger partial charge is 0.254 e. The van der Waals surface area contributed by atoms with Crippen LogP contribution in [-0.2, 0) is 14.3 Å². The quantitative estimate of drug-likeness (QED) is 0.849. The molecule has 120 valence electrons. The summed E-state index contributed by atoms with van der Waals surface area (Å²) in [5, 5.41) is 0. The molecule has 0 radical (unpaired) electrons. The highest BCUT2D eigenvalue weighted by molar-refractivity contribution is 5.86. The lowest BCUT2D eigenvalue weighted by atomic mass is 9.97. The first kappa shape index (κ1) is 16.4. The molecule has 1 aliphatic heterocycles. The summed E-state index contributed by atoms with van der Waals surface area (Å²) in [5.74, 6) is -0.710. The van der Waals surface area contributed by atoms with Gasteiger partial charge in [0.25, 0.3) is 5.91 Å². The van der Waals surface area contributed by atoms with Crippen LogP contribution in [0.5, 0.6) is 0 Å². The molecular formula is C16H21FN2O3. The highest BCUT2D eigenvalue weighted by Crippen LogP contribution is 2.30. The molecule has 1 saturated heterocycles. The Labute approximate surface area is 129 Å². The molecule has 0 unspecified atom stereocenters. The maximum atomic E-state index is 13.1. The van der Waals surface area contributed by atoms with Crippen molar-refractivity contribution >= 4 is 11.8 Å². The van der Waals surface area contributed by atoms with Crippen LogP contribution in [0.25, 0.3) is 0 Å². The maximum Gasteiger partial charge on any atom is 0.254 e. The van der Waals surface area contributed by atoms with Gasteiger partial charge in [-0.05, 0) is 31.5 Å². The second-order valence-electron chi connectivity index (χ2n) is 5.24. The molecule has 2 amide bonds. The Morgan fingerprint density at radius 2 is 1.91 bits per heavy atom. The summed E-state index contributed by atoms with van der Waals surface area (Å²) in [5.41, 5.74) is 0.683. The molecule has 0 aliphatic carbocycles. The minimum Gasteiger partial charge on any atom is -0.356 e. The second kappa shape index (κ2) is 6.87. The van der Waals surface area contributed by atoms with Crippen molar-refractivity contribution in [3.63, 3.8) is 0 Å². The first-order valence-corrected chi connectivity index (χ1v) is 7.41. The number of rotatable bonds is 4. The van der Waals surface area contributed by atoms with Crippen LogP contribution in [0.2, 0.25) is 0 Å². The van der Waals surface area contributed by atoms with Crippen LogP contribution < -0.4 is 0 Å². The van der Waals surface area contributed by atoms with Gasteiger partial charge in [-0.15, -0.1) is 0 Å². The molecule has 0 saturated carbocycles. The molecule has 1 aromatic rings. The van der Waals surface area contributed by atoms with E-state index in [1.807, 2.05) is 13.8 Å². The molecular weight excluding hydrogens is 287 g/mol. The van der Waals surface area contributed by atoms with E-state index in [9.17, 15) is 14.0 Å². The van der Waals surface area contributed by atoms with Crippen LogP contribution in [0.1, 0.15) is 25.5 Å². The molecule has 2 rings (SSSR count). The number of morpholine rings is 1. The number of amides is 2. The lowest BCUT2D eigenvalue weighted by Gasteiger charge is -2.40. The van der Waals surface area contributed by atoms with E-state index < -0.39 is 12.1 Å². The van der Waals surface area contributed by atoms with Crippen molar-refractivity contribution in [2.45, 2.75) is 26.0 Å². The predicted octanol–water partition coefficient (Wildman–Crippen LogP) is 1.59. The Kier molecular flexibility index (Phi) is 5.13. The van der Waals surface area contributed by atoms with Gasteiger partial charge in [-0.25, -0.2) is 4.39 Å². The highest BCUT2D eigenvalue weighted by atomic mass is 19.1. The Hall–Kier alpha value is -1.95. The van der Waals surface area contributed by atoms with E-state index in [4.69, 9.17) is 4.74 Å². The van der Waals surface area contributed by atoms with Gasteiger partial charge in [0.1, 0.15) is 12.4 Å². The third kappa shape index (κ3) is 3.11. The monoisotopic (exact) mass is 308 g/mol. The number of halogens is 1. The number of hydrogen-bond donors (Lipinski definition) is 0. The first-order chi connectivity index (χ1) is 10.5. The molecule has 0 N–H and O–H groups in total. The van der Waals surface area contributed by atoms with Crippen molar-refractivity contribution < 1.29 is 18.7 Å². The maximum absolute atomic E-state index is 13.1. The summed E-state index contributed by atoms with van der Waals surface area (Å²) in [6.07, 6.45) is -0.770. The molecule has 0 aromatic heterocycles. The van der Waals surface area contributed by atoms with E-state index in [0.717, 1.165) is 0 Å². The van der Waals surface area contributed by atoms with Gasteiger partial charge >= 0.3 is 0 Å². The Balaban J connectivity index is 2.35. The largest absolute Gasteiger partial charge is 0.356 e. The first-order valence-electron chi connectivity index (χ1n) is 7.41. The molecule has 5 nitrogen and oxygen atoms in total. The summed E-state index contributed by atoms with van der Waals surface area (Å²) >= 11 is 0. The van der Waals surface area contributed by atoms with Gasteiger partial charge in [-0.3, -0.25) is 9.59 Å². The molecule has 1 fully saturated rings. The molecule has 2 atom stereocenters. The van der Waals surface area contributed by atoms with Crippen LogP contribution in [0.4, 0.5) is 4.39 Å². The van der Waals surface area contributed by atoms with Gasteiger partial charge in [0.05, 0.1) is 6.04 Å². The molecule has 6 heteroatoms. The molecule has 0 bridgehead atoms. The van der Waals surface area contributed by atoms with Gasteiger partial charge in [0, 0.05) is 20.1 Å². The average molecular weight is 308 g/mol. The zero-order valence-corrected chi connectivity index (χ0v) is 13.1. The van der Waals surface area contributed by atoms with Crippen LogP contribution in [0.3, 0.4) is 0 Å². The minimum atomic E-state index is -0.770. The number of ether oxygens (including phenoxy) is 1. The van der Waals surface area contributed by atoms with E-state index in [0.29, 0.717) is 18.7 Å². The zero-order valence-electron chi connectivity index (χ0n) is 13.1. The summed E-state index contributed by atoms with van der Waals surface area (Å²) in [4.78, 5) is 27.8. The van der Waals surface area contributed by atoms with Gasteiger partial charge in [-0.1, -0.05) is 12.1 Å². The Bertz CT molecular complexity index is 543. The van der Waals surface area contributed by atoms with Gasteiger partial charge in [0.15, 0.2) is 6.10 Å². The van der Waals surface area contributed by atoms with Crippen LogP contribution >= 0.6 is 0 Å². The SMILES string of the molecule is CCN(CC)C(=O)[C@H]1OCC(=O)N(C)[C@@H]1c1ccc(F)cc1. The summed E-state index contributed by atoms with van der Waals surface area (Å²) in [6.45, 7) is 4.82. The third-order valence-electron chi connectivity index (χ3n) is 4.01. The van der Waals surface area contributed by atoms with E-state index in [1.54, 1.807) is 24.1 Å². The number of hydrogen-bond acceptors (Lipinski definition) is 3. The molecule has 22 heavy (non-hydrogen) atoms.